The number of benzene rings is 1. The van der Waals surface area contributed by atoms with Crippen molar-refractivity contribution >= 4 is 5.57 Å². The quantitative estimate of drug-likeness (QED) is 0.757. The Balaban J connectivity index is 2.47. The molecule has 0 aliphatic heterocycles. The zero-order valence-electron chi connectivity index (χ0n) is 10.9. The highest BCUT2D eigenvalue weighted by atomic mass is 16.5. The van der Waals surface area contributed by atoms with Crippen molar-refractivity contribution in [3.05, 3.63) is 77.6 Å². The van der Waals surface area contributed by atoms with Crippen LogP contribution in [0.5, 0.6) is 0 Å². The van der Waals surface area contributed by atoms with E-state index in [4.69, 9.17) is 4.74 Å². The molecule has 0 bridgehead atoms. The molecule has 1 aliphatic carbocycles. The summed E-state index contributed by atoms with van der Waals surface area (Å²) >= 11 is 0. The van der Waals surface area contributed by atoms with E-state index in [0.717, 1.165) is 23.3 Å². The van der Waals surface area contributed by atoms with Gasteiger partial charge in [-0.3, -0.25) is 0 Å². The maximum atomic E-state index is 5.45. The van der Waals surface area contributed by atoms with Gasteiger partial charge in [0.25, 0.3) is 0 Å². The Kier molecular flexibility index (Phi) is 3.83. The van der Waals surface area contributed by atoms with E-state index in [-0.39, 0.29) is 0 Å². The van der Waals surface area contributed by atoms with E-state index in [2.05, 4.69) is 43.9 Å². The fourth-order valence-electron chi connectivity index (χ4n) is 2.10. The van der Waals surface area contributed by atoms with Gasteiger partial charge in [0, 0.05) is 5.57 Å². The molecule has 0 saturated carbocycles. The highest BCUT2D eigenvalue weighted by Gasteiger charge is 2.11. The van der Waals surface area contributed by atoms with Crippen LogP contribution in [0.1, 0.15) is 17.5 Å². The van der Waals surface area contributed by atoms with E-state index in [1.165, 1.54) is 11.1 Å². The highest BCUT2D eigenvalue weighted by molar-refractivity contribution is 5.82. The molecule has 1 aliphatic rings. The number of allylic oxidation sites excluding steroid dienone is 6. The number of ether oxygens (including phenoxy) is 1. The first-order chi connectivity index (χ1) is 8.74. The molecule has 0 unspecified atom stereocenters. The van der Waals surface area contributed by atoms with Gasteiger partial charge in [0.05, 0.1) is 7.11 Å². The molecule has 0 amide bonds. The van der Waals surface area contributed by atoms with Gasteiger partial charge in [-0.05, 0) is 36.1 Å². The summed E-state index contributed by atoms with van der Waals surface area (Å²) in [6, 6.07) is 8.28. The monoisotopic (exact) mass is 238 g/mol. The zero-order valence-corrected chi connectivity index (χ0v) is 10.9. The van der Waals surface area contributed by atoms with Crippen LogP contribution >= 0.6 is 0 Å². The summed E-state index contributed by atoms with van der Waals surface area (Å²) in [5, 5.41) is 0. The van der Waals surface area contributed by atoms with Crippen molar-refractivity contribution in [2.24, 2.45) is 0 Å². The molecule has 1 nitrogen and oxygen atoms in total. The van der Waals surface area contributed by atoms with Crippen LogP contribution in [-0.4, -0.2) is 7.11 Å². The van der Waals surface area contributed by atoms with Crippen LogP contribution in [0.3, 0.4) is 0 Å². The minimum atomic E-state index is 0.872. The second kappa shape index (κ2) is 5.54. The van der Waals surface area contributed by atoms with Crippen LogP contribution in [0.4, 0.5) is 0 Å². The van der Waals surface area contributed by atoms with Crippen molar-refractivity contribution in [1.29, 1.82) is 0 Å². The van der Waals surface area contributed by atoms with Crippen molar-refractivity contribution in [2.45, 2.75) is 13.3 Å². The summed E-state index contributed by atoms with van der Waals surface area (Å²) < 4.78 is 5.45. The van der Waals surface area contributed by atoms with E-state index in [9.17, 15) is 0 Å². The largest absolute Gasteiger partial charge is 0.496 e. The summed E-state index contributed by atoms with van der Waals surface area (Å²) in [4.78, 5) is 0. The minimum Gasteiger partial charge on any atom is -0.496 e. The van der Waals surface area contributed by atoms with Crippen LogP contribution in [0.25, 0.3) is 5.57 Å². The maximum absolute atomic E-state index is 5.45. The van der Waals surface area contributed by atoms with Crippen molar-refractivity contribution in [3.63, 3.8) is 0 Å². The smallest absolute Gasteiger partial charge is 0.126 e. The molecule has 0 aromatic heterocycles. The van der Waals surface area contributed by atoms with E-state index in [1.807, 2.05) is 18.2 Å². The lowest BCUT2D eigenvalue weighted by Gasteiger charge is -2.13. The summed E-state index contributed by atoms with van der Waals surface area (Å²) in [5.74, 6) is 0.872. The third kappa shape index (κ3) is 2.45. The van der Waals surface area contributed by atoms with Gasteiger partial charge >= 0.3 is 0 Å². The molecule has 0 saturated heterocycles. The lowest BCUT2D eigenvalue weighted by molar-refractivity contribution is 0.305. The van der Waals surface area contributed by atoms with Crippen molar-refractivity contribution in [1.82, 2.24) is 0 Å². The van der Waals surface area contributed by atoms with Gasteiger partial charge in [-0.25, -0.2) is 0 Å². The minimum absolute atomic E-state index is 0.872. The molecule has 0 heterocycles. The average molecular weight is 238 g/mol. The Morgan fingerprint density at radius 2 is 1.89 bits per heavy atom. The first kappa shape index (κ1) is 12.4. The number of rotatable bonds is 3. The Morgan fingerprint density at radius 1 is 1.17 bits per heavy atom. The maximum Gasteiger partial charge on any atom is 0.126 e. The third-order valence-corrected chi connectivity index (χ3v) is 3.11. The Hall–Kier alpha value is -2.02. The van der Waals surface area contributed by atoms with Gasteiger partial charge in [-0.1, -0.05) is 49.1 Å². The SMILES string of the molecule is C=C(C1=C(OC)C=CCC=C1)c1ccccc1C. The molecule has 0 atom stereocenters. The summed E-state index contributed by atoms with van der Waals surface area (Å²) in [6.45, 7) is 6.33. The van der Waals surface area contributed by atoms with Crippen LogP contribution in [-0.2, 0) is 4.74 Å². The van der Waals surface area contributed by atoms with Crippen molar-refractivity contribution in [2.75, 3.05) is 7.11 Å². The second-order valence-electron chi connectivity index (χ2n) is 4.32. The Bertz CT molecular complexity index is 544. The molecule has 1 aromatic rings. The molecule has 0 spiro atoms. The fourth-order valence-corrected chi connectivity index (χ4v) is 2.10. The highest BCUT2D eigenvalue weighted by Crippen LogP contribution is 2.29. The fraction of sp³-hybridized carbons (Fsp3) is 0.176. The normalized spacial score (nSPS) is 14.6. The molecule has 18 heavy (non-hydrogen) atoms. The lowest BCUT2D eigenvalue weighted by atomic mass is 9.94. The van der Waals surface area contributed by atoms with Gasteiger partial charge in [-0.2, -0.15) is 0 Å². The van der Waals surface area contributed by atoms with Crippen LogP contribution in [0.2, 0.25) is 0 Å². The first-order valence-corrected chi connectivity index (χ1v) is 6.10. The predicted molar refractivity (Wildman–Crippen MR) is 77.1 cm³/mol. The van der Waals surface area contributed by atoms with Gasteiger partial charge in [0.1, 0.15) is 5.76 Å². The van der Waals surface area contributed by atoms with E-state index in [0.29, 0.717) is 0 Å². The molecule has 1 aromatic carbocycles. The molecule has 92 valence electrons. The van der Waals surface area contributed by atoms with Gasteiger partial charge in [0.2, 0.25) is 0 Å². The van der Waals surface area contributed by atoms with E-state index >= 15 is 0 Å². The zero-order chi connectivity index (χ0) is 13.0. The number of methoxy groups -OCH3 is 1. The Morgan fingerprint density at radius 3 is 2.61 bits per heavy atom. The van der Waals surface area contributed by atoms with Gasteiger partial charge in [-0.15, -0.1) is 0 Å². The molecule has 0 fully saturated rings. The third-order valence-electron chi connectivity index (χ3n) is 3.11. The second-order valence-corrected chi connectivity index (χ2v) is 4.32. The summed E-state index contributed by atoms with van der Waals surface area (Å²) in [7, 11) is 1.70. The lowest BCUT2D eigenvalue weighted by Crippen LogP contribution is -1.95. The van der Waals surface area contributed by atoms with Crippen molar-refractivity contribution < 1.29 is 4.74 Å². The van der Waals surface area contributed by atoms with Crippen molar-refractivity contribution in [3.8, 4) is 0 Å². The van der Waals surface area contributed by atoms with Gasteiger partial charge < -0.3 is 4.74 Å². The molecule has 0 N–H and O–H groups in total. The molecule has 0 radical (unpaired) electrons. The topological polar surface area (TPSA) is 9.23 Å². The van der Waals surface area contributed by atoms with Crippen LogP contribution < -0.4 is 0 Å². The molecular formula is C17H18O. The number of hydrogen-bond acceptors (Lipinski definition) is 1. The first-order valence-electron chi connectivity index (χ1n) is 6.10. The average Bonchev–Trinajstić information content (AvgIpc) is 2.63. The summed E-state index contributed by atoms with van der Waals surface area (Å²) in [5.41, 5.74) is 4.46. The summed E-state index contributed by atoms with van der Waals surface area (Å²) in [6.07, 6.45) is 9.25. The van der Waals surface area contributed by atoms with Gasteiger partial charge in [0.15, 0.2) is 0 Å². The predicted octanol–water partition coefficient (Wildman–Crippen LogP) is 4.42. The molecule has 1 heteroatoms. The molecule has 2 rings (SSSR count). The van der Waals surface area contributed by atoms with Crippen LogP contribution in [0.15, 0.2) is 66.5 Å². The number of hydrogen-bond donors (Lipinski definition) is 0. The number of aryl methyl sites for hydroxylation is 1. The molecular weight excluding hydrogens is 220 g/mol. The van der Waals surface area contributed by atoms with E-state index < -0.39 is 0 Å². The van der Waals surface area contributed by atoms with E-state index in [1.54, 1.807) is 7.11 Å². The Labute approximate surface area is 109 Å². The van der Waals surface area contributed by atoms with Crippen LogP contribution in [0, 0.1) is 6.92 Å². The standard InChI is InChI=1S/C17H18O/c1-13-9-7-8-10-15(13)14(2)16-11-5-4-6-12-17(16)18-3/h5-12H,2,4H2,1,3H3.